The lowest BCUT2D eigenvalue weighted by atomic mass is 9.90. The molecule has 0 saturated carbocycles. The molecule has 0 bridgehead atoms. The second-order valence-electron chi connectivity index (χ2n) is 5.11. The van der Waals surface area contributed by atoms with Crippen LogP contribution in [-0.2, 0) is 29.3 Å². The molecule has 1 aromatic rings. The first-order valence-electron chi connectivity index (χ1n) is 6.28. The monoisotopic (exact) mass is 325 g/mol. The largest absolute Gasteiger partial charge is 0.860 e. The van der Waals surface area contributed by atoms with Crippen LogP contribution >= 0.6 is 0 Å². The van der Waals surface area contributed by atoms with Gasteiger partial charge in [0.05, 0.1) is 5.56 Å². The number of amides is 4. The number of barbiturate groups is 1. The Morgan fingerprint density at radius 2 is 1.30 bits per heavy atom. The van der Waals surface area contributed by atoms with Crippen LogP contribution in [0.5, 0.6) is 5.88 Å². The number of nitrogens with zero attached hydrogens (tertiary/aromatic N) is 4. The molecule has 0 aromatic carbocycles. The van der Waals surface area contributed by atoms with Gasteiger partial charge in [0.2, 0.25) is 0 Å². The Labute approximate surface area is 128 Å². The Hall–Kier alpha value is -2.95. The highest BCUT2D eigenvalue weighted by molar-refractivity contribution is 6.21. The summed E-state index contributed by atoms with van der Waals surface area (Å²) in [6.45, 7) is 0. The maximum absolute atomic E-state index is 12.3. The van der Waals surface area contributed by atoms with E-state index in [1.165, 1.54) is 0 Å². The molecule has 124 valence electrons. The first kappa shape index (κ1) is 16.4. The molecule has 4 amide bonds. The predicted molar refractivity (Wildman–Crippen MR) is 71.2 cm³/mol. The van der Waals surface area contributed by atoms with Crippen molar-refractivity contribution >= 4 is 17.8 Å². The Morgan fingerprint density at radius 1 is 0.870 bits per heavy atom. The highest BCUT2D eigenvalue weighted by atomic mass is 16.3. The summed E-state index contributed by atoms with van der Waals surface area (Å²) in [5, 5.41) is 22.8. The molecule has 0 radical (unpaired) electrons. The van der Waals surface area contributed by atoms with Gasteiger partial charge in [0.25, 0.3) is 23.0 Å². The summed E-state index contributed by atoms with van der Waals surface area (Å²) in [7, 11) is 4.01. The summed E-state index contributed by atoms with van der Waals surface area (Å²) in [6.07, 6.45) is 0. The van der Waals surface area contributed by atoms with Crippen LogP contribution < -0.4 is 16.4 Å². The van der Waals surface area contributed by atoms with E-state index in [0.717, 1.165) is 28.2 Å². The maximum Gasteiger partial charge on any atom is 0.333 e. The Bertz CT molecular complexity index is 841. The van der Waals surface area contributed by atoms with E-state index in [2.05, 4.69) is 0 Å². The van der Waals surface area contributed by atoms with Crippen molar-refractivity contribution in [1.82, 2.24) is 18.9 Å². The first-order valence-corrected chi connectivity index (χ1v) is 6.28. The van der Waals surface area contributed by atoms with Crippen molar-refractivity contribution in [1.29, 1.82) is 0 Å². The summed E-state index contributed by atoms with van der Waals surface area (Å²) < 4.78 is 0.956. The second kappa shape index (κ2) is 4.78. The van der Waals surface area contributed by atoms with Crippen LogP contribution in [0.1, 0.15) is 5.56 Å². The zero-order valence-electron chi connectivity index (χ0n) is 12.7. The zero-order chi connectivity index (χ0) is 17.9. The summed E-state index contributed by atoms with van der Waals surface area (Å²) in [4.78, 5) is 60.9. The lowest BCUT2D eigenvalue weighted by Gasteiger charge is -2.39. The van der Waals surface area contributed by atoms with E-state index < -0.39 is 46.1 Å². The molecule has 1 aromatic heterocycles. The number of rotatable bonds is 1. The van der Waals surface area contributed by atoms with Gasteiger partial charge in [0.15, 0.2) is 0 Å². The topological polar surface area (TPSA) is 145 Å². The highest BCUT2D eigenvalue weighted by Gasteiger charge is 2.57. The Kier molecular flexibility index (Phi) is 3.41. The number of hydrogen-bond donors (Lipinski definition) is 1. The summed E-state index contributed by atoms with van der Waals surface area (Å²) in [6, 6.07) is -1.03. The molecule has 1 N–H and O–H groups in total. The van der Waals surface area contributed by atoms with Crippen LogP contribution in [-0.4, -0.2) is 56.0 Å². The van der Waals surface area contributed by atoms with Crippen molar-refractivity contribution in [2.75, 3.05) is 14.1 Å². The number of carbonyl (C=O) groups excluding carboxylic acids is 3. The van der Waals surface area contributed by atoms with Crippen LogP contribution in [0.3, 0.4) is 0 Å². The van der Waals surface area contributed by atoms with Gasteiger partial charge in [-0.15, -0.1) is 0 Å². The van der Waals surface area contributed by atoms with Gasteiger partial charge >= 0.3 is 11.7 Å². The standard InChI is InChI=1S/C12H14N4O7/c1-13-6(17)5(7(18)14(2)10(13)21)12(23)8(19)15(3)11(22)16(4)9(12)20/h17,23H,1-4H3/p-1. The number of hydrogen-bond acceptors (Lipinski definition) is 7. The van der Waals surface area contributed by atoms with Crippen molar-refractivity contribution < 1.29 is 24.6 Å². The van der Waals surface area contributed by atoms with E-state index in [9.17, 15) is 34.2 Å². The molecular weight excluding hydrogens is 312 g/mol. The molecule has 11 heteroatoms. The fourth-order valence-corrected chi connectivity index (χ4v) is 2.32. The fraction of sp³-hybridized carbons (Fsp3) is 0.417. The van der Waals surface area contributed by atoms with Crippen LogP contribution in [0, 0.1) is 0 Å². The SMILES string of the molecule is CN1C(=O)N(C)C(=O)C(O)(c2c([O-])n(C)c(=O)n(C)c2=O)C1=O. The van der Waals surface area contributed by atoms with Crippen LogP contribution in [0.2, 0.25) is 0 Å². The average molecular weight is 325 g/mol. The molecule has 1 aliphatic heterocycles. The van der Waals surface area contributed by atoms with Crippen LogP contribution in [0.25, 0.3) is 0 Å². The van der Waals surface area contributed by atoms with Gasteiger partial charge in [-0.1, -0.05) is 0 Å². The molecule has 2 rings (SSSR count). The van der Waals surface area contributed by atoms with Gasteiger partial charge in [-0.25, -0.2) is 9.59 Å². The van der Waals surface area contributed by atoms with E-state index in [-0.39, 0.29) is 0 Å². The minimum Gasteiger partial charge on any atom is -0.860 e. The fourth-order valence-electron chi connectivity index (χ4n) is 2.32. The number of likely N-dealkylation sites (N-methyl/N-ethyl adjacent to an activating group) is 2. The molecule has 1 fully saturated rings. The van der Waals surface area contributed by atoms with Crippen molar-refractivity contribution in [2.24, 2.45) is 14.1 Å². The van der Waals surface area contributed by atoms with E-state index >= 15 is 0 Å². The van der Waals surface area contributed by atoms with Crippen LogP contribution in [0.4, 0.5) is 4.79 Å². The van der Waals surface area contributed by atoms with Gasteiger partial charge in [0, 0.05) is 28.2 Å². The molecular formula is C12H13N4O7-. The van der Waals surface area contributed by atoms with Crippen molar-refractivity contribution in [3.8, 4) is 5.88 Å². The number of carbonyl (C=O) groups is 3. The molecule has 0 aliphatic carbocycles. The van der Waals surface area contributed by atoms with E-state index in [4.69, 9.17) is 0 Å². The summed E-state index contributed by atoms with van der Waals surface area (Å²) in [5.41, 5.74) is -6.57. The van der Waals surface area contributed by atoms with Gasteiger partial charge in [-0.05, 0) is 5.88 Å². The molecule has 11 nitrogen and oxygen atoms in total. The minimum absolute atomic E-state index is 0.408. The van der Waals surface area contributed by atoms with Crippen molar-refractivity contribution in [2.45, 2.75) is 5.60 Å². The number of aromatic nitrogens is 2. The van der Waals surface area contributed by atoms with Crippen LogP contribution in [0.15, 0.2) is 9.59 Å². The lowest BCUT2D eigenvalue weighted by molar-refractivity contribution is -0.283. The highest BCUT2D eigenvalue weighted by Crippen LogP contribution is 2.31. The van der Waals surface area contributed by atoms with E-state index in [0.29, 0.717) is 18.9 Å². The third-order valence-electron chi connectivity index (χ3n) is 3.77. The Balaban J connectivity index is 2.92. The average Bonchev–Trinajstić information content (AvgIpc) is 2.53. The normalized spacial score (nSPS) is 17.9. The molecule has 2 heterocycles. The zero-order valence-corrected chi connectivity index (χ0v) is 12.7. The van der Waals surface area contributed by atoms with E-state index in [1.54, 1.807) is 0 Å². The molecule has 1 aliphatic rings. The molecule has 23 heavy (non-hydrogen) atoms. The van der Waals surface area contributed by atoms with Gasteiger partial charge in [-0.3, -0.25) is 28.8 Å². The quantitative estimate of drug-likeness (QED) is 0.525. The first-order chi connectivity index (χ1) is 10.5. The van der Waals surface area contributed by atoms with Gasteiger partial charge in [-0.2, -0.15) is 0 Å². The molecule has 1 saturated heterocycles. The summed E-state index contributed by atoms with van der Waals surface area (Å²) >= 11 is 0. The lowest BCUT2D eigenvalue weighted by Crippen LogP contribution is -2.67. The van der Waals surface area contributed by atoms with Gasteiger partial charge in [0.1, 0.15) is 0 Å². The summed E-state index contributed by atoms with van der Waals surface area (Å²) in [5.74, 6) is -4.18. The minimum atomic E-state index is -3.19. The number of urea groups is 1. The van der Waals surface area contributed by atoms with Crippen molar-refractivity contribution in [3.05, 3.63) is 26.4 Å². The van der Waals surface area contributed by atoms with Crippen molar-refractivity contribution in [3.63, 3.8) is 0 Å². The smallest absolute Gasteiger partial charge is 0.333 e. The number of aliphatic hydroxyl groups is 1. The van der Waals surface area contributed by atoms with Gasteiger partial charge < -0.3 is 14.8 Å². The Morgan fingerprint density at radius 3 is 1.74 bits per heavy atom. The molecule has 0 unspecified atom stereocenters. The molecule has 0 atom stereocenters. The molecule has 0 spiro atoms. The third kappa shape index (κ3) is 1.83. The second-order valence-corrected chi connectivity index (χ2v) is 5.11. The number of imide groups is 2. The van der Waals surface area contributed by atoms with E-state index in [1.807, 2.05) is 0 Å². The predicted octanol–water partition coefficient (Wildman–Crippen LogP) is -3.60. The maximum atomic E-state index is 12.3. The third-order valence-corrected chi connectivity index (χ3v) is 3.77.